The minimum absolute atomic E-state index is 0.126. The Balaban J connectivity index is 4.79. The van der Waals surface area contributed by atoms with E-state index >= 15 is 0 Å². The first-order valence-corrected chi connectivity index (χ1v) is 9.33. The van der Waals surface area contributed by atoms with Gasteiger partial charge in [0.15, 0.2) is 0 Å². The van der Waals surface area contributed by atoms with Gasteiger partial charge in [-0.3, -0.25) is 19.2 Å². The van der Waals surface area contributed by atoms with Crippen LogP contribution in [0.4, 0.5) is 0 Å². The fourth-order valence-corrected chi connectivity index (χ4v) is 2.31. The molecule has 0 aromatic rings. The van der Waals surface area contributed by atoms with Crippen LogP contribution in [-0.4, -0.2) is 61.1 Å². The molecule has 0 bridgehead atoms. The fraction of sp³-hybridized carbons (Fsp3) is 0.722. The molecule has 0 fully saturated rings. The first kappa shape index (κ1) is 25.5. The Morgan fingerprint density at radius 3 is 1.96 bits per heavy atom. The molecule has 4 amide bonds. The Labute approximate surface area is 165 Å². The molecule has 0 aliphatic rings. The number of amides is 4. The lowest BCUT2D eigenvalue weighted by molar-refractivity contribution is -0.132. The van der Waals surface area contributed by atoms with Crippen molar-refractivity contribution < 1.29 is 24.0 Å². The number of nitrogens with two attached hydrogens (primary N) is 1. The predicted octanol–water partition coefficient (Wildman–Crippen LogP) is -1.56. The molecule has 3 atom stereocenters. The minimum atomic E-state index is -0.839. The summed E-state index contributed by atoms with van der Waals surface area (Å²) in [7, 11) is 0. The summed E-state index contributed by atoms with van der Waals surface area (Å²) in [4.78, 5) is 58.7. The van der Waals surface area contributed by atoms with E-state index < -0.39 is 41.8 Å². The maximum absolute atomic E-state index is 12.3. The molecule has 0 unspecified atom stereocenters. The second kappa shape index (κ2) is 12.8. The lowest BCUT2D eigenvalue weighted by Crippen LogP contribution is -2.55. The largest absolute Gasteiger partial charge is 0.348 e. The lowest BCUT2D eigenvalue weighted by atomic mass is 10.0. The van der Waals surface area contributed by atoms with Gasteiger partial charge in [0.1, 0.15) is 18.4 Å². The topological polar surface area (TPSA) is 159 Å². The monoisotopic (exact) mass is 399 g/mol. The van der Waals surface area contributed by atoms with E-state index in [-0.39, 0.29) is 24.9 Å². The molecule has 0 rings (SSSR count). The van der Waals surface area contributed by atoms with Crippen LogP contribution in [0, 0.1) is 11.8 Å². The van der Waals surface area contributed by atoms with Gasteiger partial charge in [0.05, 0.1) is 19.1 Å². The van der Waals surface area contributed by atoms with E-state index in [0.29, 0.717) is 12.7 Å². The number of carbonyl (C=O) groups is 5. The van der Waals surface area contributed by atoms with Gasteiger partial charge >= 0.3 is 0 Å². The number of carbonyl (C=O) groups excluding carboxylic acids is 5. The summed E-state index contributed by atoms with van der Waals surface area (Å²) in [5.41, 5.74) is 5.50. The number of nitrogens with one attached hydrogen (secondary N) is 4. The van der Waals surface area contributed by atoms with Gasteiger partial charge in [0.25, 0.3) is 0 Å². The summed E-state index contributed by atoms with van der Waals surface area (Å²) in [5.74, 6) is -2.10. The van der Waals surface area contributed by atoms with Gasteiger partial charge in [-0.15, -0.1) is 0 Å². The maximum Gasteiger partial charge on any atom is 0.243 e. The van der Waals surface area contributed by atoms with Crippen LogP contribution >= 0.6 is 0 Å². The van der Waals surface area contributed by atoms with Crippen molar-refractivity contribution in [3.63, 3.8) is 0 Å². The van der Waals surface area contributed by atoms with Crippen LogP contribution in [0.15, 0.2) is 0 Å². The van der Waals surface area contributed by atoms with E-state index in [4.69, 9.17) is 5.73 Å². The third-order valence-corrected chi connectivity index (χ3v) is 3.80. The first-order chi connectivity index (χ1) is 13.0. The highest BCUT2D eigenvalue weighted by atomic mass is 16.2. The Bertz CT molecular complexity index is 563. The summed E-state index contributed by atoms with van der Waals surface area (Å²) in [6.45, 7) is 8.29. The standard InChI is InChI=1S/C18H33N5O5/c1-10(2)8-13(17(27)20-6-7-24)22-14(25)9-21-18(28)15(11(3)4)23-16(26)12(5)19/h7,10-13,15H,6,8-9,19H2,1-5H3,(H,20,27)(H,21,28)(H,22,25)(H,23,26)/t12-,13-,15-/m0/s1. The molecule has 0 aliphatic heterocycles. The summed E-state index contributed by atoms with van der Waals surface area (Å²) in [5, 5.41) is 9.95. The van der Waals surface area contributed by atoms with Crippen molar-refractivity contribution in [2.45, 2.75) is 59.2 Å². The zero-order valence-corrected chi connectivity index (χ0v) is 17.2. The van der Waals surface area contributed by atoms with Crippen LogP contribution in [0.2, 0.25) is 0 Å². The minimum Gasteiger partial charge on any atom is -0.348 e. The van der Waals surface area contributed by atoms with Crippen LogP contribution in [-0.2, 0) is 24.0 Å². The van der Waals surface area contributed by atoms with Crippen LogP contribution in [0.3, 0.4) is 0 Å². The van der Waals surface area contributed by atoms with Gasteiger partial charge in [-0.1, -0.05) is 27.7 Å². The molecule has 0 aromatic heterocycles. The van der Waals surface area contributed by atoms with Gasteiger partial charge in [-0.2, -0.15) is 0 Å². The molecular weight excluding hydrogens is 366 g/mol. The molecular formula is C18H33N5O5. The maximum atomic E-state index is 12.3. The molecule has 10 heteroatoms. The van der Waals surface area contributed by atoms with E-state index in [2.05, 4.69) is 21.3 Å². The Morgan fingerprint density at radius 1 is 0.893 bits per heavy atom. The van der Waals surface area contributed by atoms with E-state index in [1.54, 1.807) is 13.8 Å². The summed E-state index contributed by atoms with van der Waals surface area (Å²) in [6.07, 6.45) is 0.929. The van der Waals surface area contributed by atoms with Crippen molar-refractivity contribution in [3.8, 4) is 0 Å². The summed E-state index contributed by atoms with van der Waals surface area (Å²) < 4.78 is 0. The third-order valence-electron chi connectivity index (χ3n) is 3.80. The molecule has 0 spiro atoms. The number of aldehydes is 1. The Kier molecular flexibility index (Phi) is 11.7. The summed E-state index contributed by atoms with van der Waals surface area (Å²) >= 11 is 0. The van der Waals surface area contributed by atoms with Crippen LogP contribution in [0.25, 0.3) is 0 Å². The Hall–Kier alpha value is -2.49. The molecule has 10 nitrogen and oxygen atoms in total. The number of rotatable bonds is 12. The molecule has 0 saturated heterocycles. The first-order valence-electron chi connectivity index (χ1n) is 9.33. The van der Waals surface area contributed by atoms with Gasteiger partial charge < -0.3 is 31.8 Å². The zero-order chi connectivity index (χ0) is 21.9. The molecule has 28 heavy (non-hydrogen) atoms. The molecule has 0 aromatic carbocycles. The SMILES string of the molecule is CC(C)C[C@H](NC(=O)CNC(=O)[C@@H](NC(=O)[C@H](C)N)C(C)C)C(=O)NCC=O. The zero-order valence-electron chi connectivity index (χ0n) is 17.2. The molecule has 0 saturated carbocycles. The molecule has 160 valence electrons. The summed E-state index contributed by atoms with van der Waals surface area (Å²) in [6, 6.07) is -2.42. The average Bonchev–Trinajstić information content (AvgIpc) is 2.60. The Morgan fingerprint density at radius 2 is 1.50 bits per heavy atom. The smallest absolute Gasteiger partial charge is 0.243 e. The quantitative estimate of drug-likeness (QED) is 0.249. The highest BCUT2D eigenvalue weighted by molar-refractivity contribution is 5.93. The average molecular weight is 399 g/mol. The number of hydrogen-bond acceptors (Lipinski definition) is 6. The normalized spacial score (nSPS) is 14.0. The van der Waals surface area contributed by atoms with Crippen molar-refractivity contribution in [1.82, 2.24) is 21.3 Å². The van der Waals surface area contributed by atoms with Crippen molar-refractivity contribution >= 4 is 29.9 Å². The fourth-order valence-electron chi connectivity index (χ4n) is 2.31. The second-order valence-corrected chi connectivity index (χ2v) is 7.40. The second-order valence-electron chi connectivity index (χ2n) is 7.40. The van der Waals surface area contributed by atoms with Gasteiger partial charge in [0, 0.05) is 0 Å². The van der Waals surface area contributed by atoms with Gasteiger partial charge in [0.2, 0.25) is 23.6 Å². The highest BCUT2D eigenvalue weighted by Gasteiger charge is 2.26. The third kappa shape index (κ3) is 10.0. The van der Waals surface area contributed by atoms with E-state index in [0.717, 1.165) is 0 Å². The predicted molar refractivity (Wildman–Crippen MR) is 104 cm³/mol. The van der Waals surface area contributed by atoms with E-state index in [1.807, 2.05) is 13.8 Å². The van der Waals surface area contributed by atoms with Crippen molar-refractivity contribution in [2.24, 2.45) is 17.6 Å². The molecule has 0 heterocycles. The van der Waals surface area contributed by atoms with E-state index in [9.17, 15) is 24.0 Å². The van der Waals surface area contributed by atoms with Crippen molar-refractivity contribution in [1.29, 1.82) is 0 Å². The number of hydrogen-bond donors (Lipinski definition) is 5. The highest BCUT2D eigenvalue weighted by Crippen LogP contribution is 2.05. The van der Waals surface area contributed by atoms with E-state index in [1.165, 1.54) is 6.92 Å². The van der Waals surface area contributed by atoms with Crippen LogP contribution < -0.4 is 27.0 Å². The van der Waals surface area contributed by atoms with Gasteiger partial charge in [-0.25, -0.2) is 0 Å². The van der Waals surface area contributed by atoms with Crippen molar-refractivity contribution in [2.75, 3.05) is 13.1 Å². The van der Waals surface area contributed by atoms with Crippen LogP contribution in [0.5, 0.6) is 0 Å². The lowest BCUT2D eigenvalue weighted by Gasteiger charge is -2.23. The molecule has 0 aliphatic carbocycles. The molecule has 0 radical (unpaired) electrons. The van der Waals surface area contributed by atoms with Crippen molar-refractivity contribution in [3.05, 3.63) is 0 Å². The molecule has 6 N–H and O–H groups in total. The van der Waals surface area contributed by atoms with Gasteiger partial charge in [-0.05, 0) is 25.2 Å². The van der Waals surface area contributed by atoms with Crippen LogP contribution in [0.1, 0.15) is 41.0 Å².